The third-order valence-corrected chi connectivity index (χ3v) is 5.60. The van der Waals surface area contributed by atoms with Gasteiger partial charge >= 0.3 is 0 Å². The Kier molecular flexibility index (Phi) is 5.35. The van der Waals surface area contributed by atoms with Crippen LogP contribution in [0, 0.1) is 5.82 Å². The first-order valence-corrected chi connectivity index (χ1v) is 10.6. The summed E-state index contributed by atoms with van der Waals surface area (Å²) in [6.45, 7) is 1.98. The summed E-state index contributed by atoms with van der Waals surface area (Å²) < 4.78 is 15.5. The second-order valence-electron chi connectivity index (χ2n) is 7.52. The van der Waals surface area contributed by atoms with Crippen LogP contribution in [0.15, 0.2) is 73.2 Å². The van der Waals surface area contributed by atoms with Gasteiger partial charge in [0.25, 0.3) is 0 Å². The standard InChI is InChI=1S/C24H19ClFN7/c1-14(31-24-21(23(27)29-13-30-24)16-8-5-9-17(26)10-16)18-11-20-28-12-19(25)33(20)32-22(18)15-6-3-2-4-7-15/h2-14H,1H3,(H3,27,29,30,31)/t14-/m0/s1. The molecular weight excluding hydrogens is 441 g/mol. The second kappa shape index (κ2) is 8.48. The molecule has 0 bridgehead atoms. The summed E-state index contributed by atoms with van der Waals surface area (Å²) in [7, 11) is 0. The van der Waals surface area contributed by atoms with E-state index in [0.717, 1.165) is 16.8 Å². The summed E-state index contributed by atoms with van der Waals surface area (Å²) in [6.07, 6.45) is 2.94. The summed E-state index contributed by atoms with van der Waals surface area (Å²) in [5, 5.41) is 8.58. The normalized spacial score (nSPS) is 12.1. The number of halogens is 2. The zero-order valence-corrected chi connectivity index (χ0v) is 18.3. The van der Waals surface area contributed by atoms with Crippen molar-refractivity contribution in [3.8, 4) is 22.4 Å². The number of nitrogens with two attached hydrogens (primary N) is 1. The molecule has 0 amide bonds. The number of fused-ring (bicyclic) bond motifs is 1. The van der Waals surface area contributed by atoms with Crippen molar-refractivity contribution in [1.29, 1.82) is 0 Å². The molecule has 0 spiro atoms. The van der Waals surface area contributed by atoms with Crippen molar-refractivity contribution in [2.24, 2.45) is 0 Å². The molecule has 9 heteroatoms. The quantitative estimate of drug-likeness (QED) is 0.365. The average Bonchev–Trinajstić information content (AvgIpc) is 3.18. The molecule has 1 atom stereocenters. The molecular formula is C24H19ClFN7. The van der Waals surface area contributed by atoms with Gasteiger partial charge in [0.1, 0.15) is 23.8 Å². The molecule has 33 heavy (non-hydrogen) atoms. The number of imidazole rings is 1. The summed E-state index contributed by atoms with van der Waals surface area (Å²) in [5.41, 5.74) is 10.5. The van der Waals surface area contributed by atoms with Gasteiger partial charge in [0.05, 0.1) is 23.5 Å². The predicted octanol–water partition coefficient (Wildman–Crippen LogP) is 5.40. The highest BCUT2D eigenvalue weighted by Crippen LogP contribution is 2.35. The Bertz CT molecular complexity index is 1450. The molecule has 7 nitrogen and oxygen atoms in total. The van der Waals surface area contributed by atoms with Crippen LogP contribution in [0.4, 0.5) is 16.0 Å². The third kappa shape index (κ3) is 3.96. The number of aromatic nitrogens is 5. The van der Waals surface area contributed by atoms with Crippen LogP contribution in [0.5, 0.6) is 0 Å². The zero-order chi connectivity index (χ0) is 22.9. The Morgan fingerprint density at radius 3 is 2.58 bits per heavy atom. The van der Waals surface area contributed by atoms with Gasteiger partial charge in [-0.2, -0.15) is 5.10 Å². The van der Waals surface area contributed by atoms with Gasteiger partial charge in [-0.1, -0.05) is 54.1 Å². The first-order valence-electron chi connectivity index (χ1n) is 10.2. The van der Waals surface area contributed by atoms with Gasteiger partial charge < -0.3 is 11.1 Å². The van der Waals surface area contributed by atoms with Crippen LogP contribution < -0.4 is 11.1 Å². The van der Waals surface area contributed by atoms with E-state index in [2.05, 4.69) is 20.3 Å². The molecule has 5 aromatic rings. The van der Waals surface area contributed by atoms with Crippen molar-refractivity contribution >= 4 is 28.9 Å². The van der Waals surface area contributed by atoms with E-state index in [1.807, 2.05) is 43.3 Å². The number of nitrogens with zero attached hydrogens (tertiary/aromatic N) is 5. The van der Waals surface area contributed by atoms with Crippen molar-refractivity contribution in [1.82, 2.24) is 24.6 Å². The van der Waals surface area contributed by atoms with E-state index in [9.17, 15) is 4.39 Å². The minimum absolute atomic E-state index is 0.252. The molecule has 0 radical (unpaired) electrons. The minimum atomic E-state index is -0.369. The highest BCUT2D eigenvalue weighted by molar-refractivity contribution is 6.29. The van der Waals surface area contributed by atoms with Crippen molar-refractivity contribution < 1.29 is 4.39 Å². The number of rotatable bonds is 5. The van der Waals surface area contributed by atoms with Gasteiger partial charge in [-0.05, 0) is 30.7 Å². The average molecular weight is 460 g/mol. The lowest BCUT2D eigenvalue weighted by atomic mass is 10.0. The molecule has 0 aliphatic carbocycles. The smallest absolute Gasteiger partial charge is 0.155 e. The number of hydrogen-bond donors (Lipinski definition) is 2. The molecule has 5 rings (SSSR count). The van der Waals surface area contributed by atoms with E-state index in [0.29, 0.717) is 27.7 Å². The van der Waals surface area contributed by atoms with Crippen LogP contribution in [-0.4, -0.2) is 24.6 Å². The van der Waals surface area contributed by atoms with Gasteiger partial charge in [-0.25, -0.2) is 23.9 Å². The van der Waals surface area contributed by atoms with Gasteiger partial charge in [0, 0.05) is 11.1 Å². The van der Waals surface area contributed by atoms with E-state index in [4.69, 9.17) is 22.4 Å². The summed E-state index contributed by atoms with van der Waals surface area (Å²) >= 11 is 6.27. The molecule has 3 N–H and O–H groups in total. The third-order valence-electron chi connectivity index (χ3n) is 5.34. The van der Waals surface area contributed by atoms with Crippen molar-refractivity contribution in [2.45, 2.75) is 13.0 Å². The van der Waals surface area contributed by atoms with Crippen LogP contribution in [0.2, 0.25) is 5.15 Å². The van der Waals surface area contributed by atoms with E-state index in [1.165, 1.54) is 18.5 Å². The maximum Gasteiger partial charge on any atom is 0.155 e. The molecule has 3 aromatic heterocycles. The lowest BCUT2D eigenvalue weighted by Gasteiger charge is -2.20. The highest BCUT2D eigenvalue weighted by Gasteiger charge is 2.20. The fraction of sp³-hybridized carbons (Fsp3) is 0.0833. The zero-order valence-electron chi connectivity index (χ0n) is 17.6. The maximum atomic E-state index is 13.9. The van der Waals surface area contributed by atoms with Crippen LogP contribution in [0.1, 0.15) is 18.5 Å². The summed E-state index contributed by atoms with van der Waals surface area (Å²) in [4.78, 5) is 12.8. The molecule has 0 unspecified atom stereocenters. The fourth-order valence-electron chi connectivity index (χ4n) is 3.77. The fourth-order valence-corrected chi connectivity index (χ4v) is 3.94. The molecule has 3 heterocycles. The van der Waals surface area contributed by atoms with Crippen molar-refractivity contribution in [2.75, 3.05) is 11.1 Å². The Morgan fingerprint density at radius 2 is 1.79 bits per heavy atom. The van der Waals surface area contributed by atoms with Gasteiger partial charge in [-0.3, -0.25) is 0 Å². The first kappa shape index (κ1) is 20.8. The van der Waals surface area contributed by atoms with Gasteiger partial charge in [-0.15, -0.1) is 0 Å². The summed E-state index contributed by atoms with van der Waals surface area (Å²) in [6, 6.07) is 17.7. The Hall–Kier alpha value is -4.04. The molecule has 2 aromatic carbocycles. The SMILES string of the molecule is C[C@H](Nc1ncnc(N)c1-c1cccc(F)c1)c1cc2ncc(Cl)n2nc1-c1ccccc1. The Morgan fingerprint density at radius 1 is 1.00 bits per heavy atom. The molecule has 0 aliphatic rings. The molecule has 0 saturated heterocycles. The van der Waals surface area contributed by atoms with E-state index >= 15 is 0 Å². The van der Waals surface area contributed by atoms with Crippen molar-refractivity contribution in [3.05, 3.63) is 89.7 Å². The van der Waals surface area contributed by atoms with Gasteiger partial charge in [0.15, 0.2) is 10.8 Å². The lowest BCUT2D eigenvalue weighted by Crippen LogP contribution is -2.13. The highest BCUT2D eigenvalue weighted by atomic mass is 35.5. The van der Waals surface area contributed by atoms with Crippen LogP contribution in [-0.2, 0) is 0 Å². The van der Waals surface area contributed by atoms with Crippen molar-refractivity contribution in [3.63, 3.8) is 0 Å². The topological polar surface area (TPSA) is 94.0 Å². The largest absolute Gasteiger partial charge is 0.383 e. The predicted molar refractivity (Wildman–Crippen MR) is 127 cm³/mol. The Balaban J connectivity index is 1.61. The maximum absolute atomic E-state index is 13.9. The first-order chi connectivity index (χ1) is 16.0. The van der Waals surface area contributed by atoms with Crippen LogP contribution >= 0.6 is 11.6 Å². The Labute approximate surface area is 194 Å². The molecule has 0 fully saturated rings. The number of benzene rings is 2. The monoisotopic (exact) mass is 459 g/mol. The van der Waals surface area contributed by atoms with Gasteiger partial charge in [0.2, 0.25) is 0 Å². The number of anilines is 2. The summed E-state index contributed by atoms with van der Waals surface area (Å²) in [5.74, 6) is 0.370. The van der Waals surface area contributed by atoms with E-state index in [-0.39, 0.29) is 17.7 Å². The minimum Gasteiger partial charge on any atom is -0.383 e. The molecule has 0 aliphatic heterocycles. The van der Waals surface area contributed by atoms with Crippen LogP contribution in [0.25, 0.3) is 28.0 Å². The number of nitrogens with one attached hydrogen (secondary N) is 1. The lowest BCUT2D eigenvalue weighted by molar-refractivity contribution is 0.628. The molecule has 0 saturated carbocycles. The molecule has 164 valence electrons. The number of nitrogen functional groups attached to an aromatic ring is 1. The van der Waals surface area contributed by atoms with E-state index in [1.54, 1.807) is 22.8 Å². The second-order valence-corrected chi connectivity index (χ2v) is 7.91. The number of hydrogen-bond acceptors (Lipinski definition) is 6. The van der Waals surface area contributed by atoms with E-state index < -0.39 is 0 Å². The van der Waals surface area contributed by atoms with Crippen LogP contribution in [0.3, 0.4) is 0 Å².